The summed E-state index contributed by atoms with van der Waals surface area (Å²) in [5.41, 5.74) is 1.21. The number of rotatable bonds is 9. The Kier molecular flexibility index (Phi) is 8.65. The lowest BCUT2D eigenvalue weighted by Gasteiger charge is -2.27. The van der Waals surface area contributed by atoms with Crippen LogP contribution < -0.4 is 15.6 Å². The van der Waals surface area contributed by atoms with Gasteiger partial charge in [-0.2, -0.15) is 8.78 Å². The van der Waals surface area contributed by atoms with E-state index < -0.39 is 29.9 Å². The van der Waals surface area contributed by atoms with E-state index in [4.69, 9.17) is 4.74 Å². The number of aromatic nitrogens is 2. The molecule has 2 aromatic heterocycles. The second kappa shape index (κ2) is 12.5. The van der Waals surface area contributed by atoms with Gasteiger partial charge in [0, 0.05) is 43.3 Å². The van der Waals surface area contributed by atoms with Gasteiger partial charge in [-0.1, -0.05) is 24.3 Å². The van der Waals surface area contributed by atoms with Crippen molar-refractivity contribution in [3.8, 4) is 16.9 Å². The first-order valence-electron chi connectivity index (χ1n) is 13.2. The standard InChI is InChI=1S/C30H29F3N4O4/c1-19(20-4-8-22(31)9-5-20)35-28(38)26-25(21-6-10-23(11-7-21)41-30(32)33)24-3-2-12-34-27(24)37(29(26)39)14-13-36-15-17-40-18-16-36/h2-12,19,30H,13-18H2,1H3,(H,35,38). The SMILES string of the molecule is CC(NC(=O)c1c(-c2ccc(OC(F)F)cc2)c2cccnc2n(CCN2CCOCC2)c1=O)c1ccc(F)cc1. The van der Waals surface area contributed by atoms with E-state index in [-0.39, 0.29) is 11.3 Å². The summed E-state index contributed by atoms with van der Waals surface area (Å²) in [6, 6.07) is 14.4. The molecular formula is C30H29F3N4O4. The number of morpholine rings is 1. The molecule has 1 aliphatic heterocycles. The van der Waals surface area contributed by atoms with E-state index in [2.05, 4.69) is 19.9 Å². The number of fused-ring (bicyclic) bond motifs is 1. The molecule has 1 saturated heterocycles. The maximum absolute atomic E-state index is 14.1. The van der Waals surface area contributed by atoms with E-state index in [0.717, 1.165) is 13.1 Å². The van der Waals surface area contributed by atoms with Crippen LogP contribution in [0.4, 0.5) is 13.2 Å². The minimum absolute atomic E-state index is 0.0547. The number of alkyl halides is 2. The van der Waals surface area contributed by atoms with Crippen molar-refractivity contribution in [2.75, 3.05) is 32.8 Å². The highest BCUT2D eigenvalue weighted by Gasteiger charge is 2.26. The van der Waals surface area contributed by atoms with Gasteiger partial charge in [0.25, 0.3) is 11.5 Å². The van der Waals surface area contributed by atoms with Gasteiger partial charge in [-0.05, 0) is 54.4 Å². The number of hydrogen-bond acceptors (Lipinski definition) is 6. The third-order valence-corrected chi connectivity index (χ3v) is 7.08. The van der Waals surface area contributed by atoms with Crippen LogP contribution in [0.1, 0.15) is 28.9 Å². The topological polar surface area (TPSA) is 85.7 Å². The summed E-state index contributed by atoms with van der Waals surface area (Å²) in [4.78, 5) is 34.6. The minimum Gasteiger partial charge on any atom is -0.435 e. The number of hydrogen-bond donors (Lipinski definition) is 1. The van der Waals surface area contributed by atoms with Crippen molar-refractivity contribution >= 4 is 16.9 Å². The van der Waals surface area contributed by atoms with Crippen LogP contribution >= 0.6 is 0 Å². The van der Waals surface area contributed by atoms with E-state index in [9.17, 15) is 22.8 Å². The highest BCUT2D eigenvalue weighted by molar-refractivity contribution is 6.08. The number of carbonyl (C=O) groups is 1. The van der Waals surface area contributed by atoms with Gasteiger partial charge in [-0.15, -0.1) is 0 Å². The van der Waals surface area contributed by atoms with Crippen molar-refractivity contribution in [3.05, 3.63) is 94.2 Å². The predicted molar refractivity (Wildman–Crippen MR) is 148 cm³/mol. The first kappa shape index (κ1) is 28.3. The molecule has 5 rings (SSSR count). The number of pyridine rings is 2. The Balaban J connectivity index is 1.61. The summed E-state index contributed by atoms with van der Waals surface area (Å²) >= 11 is 0. The van der Waals surface area contributed by atoms with E-state index in [1.165, 1.54) is 41.0 Å². The average Bonchev–Trinajstić information content (AvgIpc) is 2.97. The molecule has 11 heteroatoms. The zero-order chi connectivity index (χ0) is 28.9. The molecule has 1 unspecified atom stereocenters. The summed E-state index contributed by atoms with van der Waals surface area (Å²) in [6.45, 7) is 2.26. The molecule has 0 saturated carbocycles. The molecule has 1 atom stereocenters. The summed E-state index contributed by atoms with van der Waals surface area (Å²) in [7, 11) is 0. The van der Waals surface area contributed by atoms with Crippen LogP contribution in [0.3, 0.4) is 0 Å². The number of nitrogens with one attached hydrogen (secondary N) is 1. The second-order valence-electron chi connectivity index (χ2n) is 9.68. The number of carbonyl (C=O) groups excluding carboxylic acids is 1. The molecule has 41 heavy (non-hydrogen) atoms. The lowest BCUT2D eigenvalue weighted by molar-refractivity contribution is -0.0498. The predicted octanol–water partition coefficient (Wildman–Crippen LogP) is 4.63. The largest absolute Gasteiger partial charge is 0.435 e. The lowest BCUT2D eigenvalue weighted by Crippen LogP contribution is -2.41. The van der Waals surface area contributed by atoms with Crippen LogP contribution in [0, 0.1) is 5.82 Å². The van der Waals surface area contributed by atoms with E-state index in [1.54, 1.807) is 37.4 Å². The van der Waals surface area contributed by atoms with Gasteiger partial charge < -0.3 is 14.8 Å². The van der Waals surface area contributed by atoms with Crippen LogP contribution in [0.5, 0.6) is 5.75 Å². The maximum Gasteiger partial charge on any atom is 0.387 e. The third-order valence-electron chi connectivity index (χ3n) is 7.08. The summed E-state index contributed by atoms with van der Waals surface area (Å²) < 4.78 is 50.4. The lowest BCUT2D eigenvalue weighted by atomic mass is 9.96. The molecule has 0 aliphatic carbocycles. The fraction of sp³-hybridized carbons (Fsp3) is 0.300. The number of amides is 1. The molecular weight excluding hydrogens is 537 g/mol. The first-order valence-corrected chi connectivity index (χ1v) is 13.2. The van der Waals surface area contributed by atoms with Gasteiger partial charge in [0.1, 0.15) is 22.8 Å². The first-order chi connectivity index (χ1) is 19.8. The van der Waals surface area contributed by atoms with Gasteiger partial charge in [0.05, 0.1) is 19.3 Å². The zero-order valence-corrected chi connectivity index (χ0v) is 22.4. The van der Waals surface area contributed by atoms with Crippen molar-refractivity contribution in [3.63, 3.8) is 0 Å². The molecule has 1 N–H and O–H groups in total. The van der Waals surface area contributed by atoms with Gasteiger partial charge in [0.2, 0.25) is 0 Å². The van der Waals surface area contributed by atoms with Gasteiger partial charge >= 0.3 is 6.61 Å². The molecule has 0 radical (unpaired) electrons. The Bertz CT molecular complexity index is 1570. The molecule has 3 heterocycles. The van der Waals surface area contributed by atoms with Crippen molar-refractivity contribution in [1.82, 2.24) is 19.8 Å². The molecule has 1 fully saturated rings. The smallest absolute Gasteiger partial charge is 0.387 e. The van der Waals surface area contributed by atoms with Gasteiger partial charge in [0.15, 0.2) is 0 Å². The molecule has 8 nitrogen and oxygen atoms in total. The van der Waals surface area contributed by atoms with Gasteiger partial charge in [-0.3, -0.25) is 19.1 Å². The Hall–Kier alpha value is -4.22. The molecule has 2 aromatic carbocycles. The highest BCUT2D eigenvalue weighted by atomic mass is 19.3. The van der Waals surface area contributed by atoms with Crippen LogP contribution in [0.2, 0.25) is 0 Å². The Labute approximate surface area is 234 Å². The highest BCUT2D eigenvalue weighted by Crippen LogP contribution is 2.32. The van der Waals surface area contributed by atoms with Crippen LogP contribution in [-0.4, -0.2) is 59.8 Å². The molecule has 0 bridgehead atoms. The van der Waals surface area contributed by atoms with Crippen molar-refractivity contribution < 1.29 is 27.4 Å². The number of ether oxygens (including phenoxy) is 2. The Morgan fingerprint density at radius 2 is 1.76 bits per heavy atom. The van der Waals surface area contributed by atoms with Crippen LogP contribution in [0.15, 0.2) is 71.7 Å². The molecule has 1 amide bonds. The van der Waals surface area contributed by atoms with Crippen LogP contribution in [0.25, 0.3) is 22.2 Å². The second-order valence-corrected chi connectivity index (χ2v) is 9.68. The van der Waals surface area contributed by atoms with E-state index in [0.29, 0.717) is 54.0 Å². The fourth-order valence-corrected chi connectivity index (χ4v) is 4.97. The Morgan fingerprint density at radius 3 is 2.44 bits per heavy atom. The summed E-state index contributed by atoms with van der Waals surface area (Å²) in [5.74, 6) is -1.08. The van der Waals surface area contributed by atoms with Gasteiger partial charge in [-0.25, -0.2) is 9.37 Å². The molecule has 1 aliphatic rings. The summed E-state index contributed by atoms with van der Waals surface area (Å²) in [6.07, 6.45) is 1.58. The summed E-state index contributed by atoms with van der Waals surface area (Å²) in [5, 5.41) is 3.42. The van der Waals surface area contributed by atoms with Crippen molar-refractivity contribution in [2.24, 2.45) is 0 Å². The van der Waals surface area contributed by atoms with E-state index >= 15 is 0 Å². The van der Waals surface area contributed by atoms with Crippen molar-refractivity contribution in [2.45, 2.75) is 26.1 Å². The van der Waals surface area contributed by atoms with Crippen molar-refractivity contribution in [1.29, 1.82) is 0 Å². The number of nitrogens with zero attached hydrogens (tertiary/aromatic N) is 3. The maximum atomic E-state index is 14.1. The minimum atomic E-state index is -2.99. The monoisotopic (exact) mass is 566 g/mol. The number of benzene rings is 2. The van der Waals surface area contributed by atoms with E-state index in [1.807, 2.05) is 0 Å². The fourth-order valence-electron chi connectivity index (χ4n) is 4.97. The Morgan fingerprint density at radius 1 is 1.05 bits per heavy atom. The zero-order valence-electron chi connectivity index (χ0n) is 22.4. The average molecular weight is 567 g/mol. The molecule has 0 spiro atoms. The normalized spacial score (nSPS) is 14.8. The third kappa shape index (κ3) is 6.41. The molecule has 214 valence electrons. The number of halogens is 3. The van der Waals surface area contributed by atoms with Crippen LogP contribution in [-0.2, 0) is 11.3 Å². The molecule has 4 aromatic rings. The quantitative estimate of drug-likeness (QED) is 0.318.